The molecule has 0 atom stereocenters. The fraction of sp³-hybridized carbons (Fsp3) is 0.261. The molecule has 2 aromatic carbocycles. The molecule has 0 bridgehead atoms. The Kier molecular flexibility index (Phi) is 6.11. The first-order chi connectivity index (χ1) is 14.9. The first kappa shape index (κ1) is 21.1. The molecule has 8 heteroatoms. The number of rotatable bonds is 6. The summed E-state index contributed by atoms with van der Waals surface area (Å²) in [6, 6.07) is 13.5. The molecule has 1 aliphatic rings. The van der Waals surface area contributed by atoms with E-state index in [1.54, 1.807) is 12.1 Å². The van der Waals surface area contributed by atoms with Crippen LogP contribution in [0.4, 0.5) is 5.69 Å². The molecule has 1 aliphatic heterocycles. The minimum atomic E-state index is -3.66. The van der Waals surface area contributed by atoms with Crippen molar-refractivity contribution in [3.05, 3.63) is 72.2 Å². The van der Waals surface area contributed by atoms with Gasteiger partial charge in [-0.05, 0) is 61.7 Å². The van der Waals surface area contributed by atoms with Crippen molar-refractivity contribution in [2.45, 2.75) is 31.1 Å². The van der Waals surface area contributed by atoms with Crippen LogP contribution in [0.2, 0.25) is 0 Å². The van der Waals surface area contributed by atoms with Crippen molar-refractivity contribution in [2.75, 3.05) is 18.4 Å². The first-order valence-corrected chi connectivity index (χ1v) is 11.6. The average molecular weight is 441 g/mol. The van der Waals surface area contributed by atoms with Crippen molar-refractivity contribution in [1.29, 1.82) is 0 Å². The Bertz CT molecular complexity index is 1170. The number of hydrogen-bond acceptors (Lipinski definition) is 5. The van der Waals surface area contributed by atoms with E-state index in [1.165, 1.54) is 35.0 Å². The highest BCUT2D eigenvalue weighted by molar-refractivity contribution is 7.89. The van der Waals surface area contributed by atoms with Gasteiger partial charge in [-0.3, -0.25) is 4.79 Å². The number of ether oxygens (including phenoxy) is 1. The van der Waals surface area contributed by atoms with Crippen LogP contribution < -0.4 is 10.1 Å². The molecule has 0 saturated carbocycles. The zero-order chi connectivity index (χ0) is 21.8. The smallest absolute Gasteiger partial charge is 0.259 e. The van der Waals surface area contributed by atoms with Crippen molar-refractivity contribution in [2.24, 2.45) is 0 Å². The molecular formula is C23H24N2O5S. The molecule has 1 aromatic heterocycles. The maximum atomic E-state index is 13.1. The van der Waals surface area contributed by atoms with E-state index < -0.39 is 15.9 Å². The number of benzene rings is 2. The van der Waals surface area contributed by atoms with Crippen LogP contribution in [0.3, 0.4) is 0 Å². The third-order valence-electron chi connectivity index (χ3n) is 5.15. The molecule has 4 rings (SSSR count). The number of sulfonamides is 1. The summed E-state index contributed by atoms with van der Waals surface area (Å²) in [5.74, 6) is 0.515. The van der Waals surface area contributed by atoms with Gasteiger partial charge in [0.2, 0.25) is 10.0 Å². The van der Waals surface area contributed by atoms with E-state index in [9.17, 15) is 13.2 Å². The summed E-state index contributed by atoms with van der Waals surface area (Å²) in [5.41, 5.74) is 1.61. The summed E-state index contributed by atoms with van der Waals surface area (Å²) in [6.45, 7) is 2.95. The Balaban J connectivity index is 1.69. The minimum Gasteiger partial charge on any atom is -0.472 e. The van der Waals surface area contributed by atoms with Crippen LogP contribution in [0.15, 0.2) is 70.4 Å². The number of carbonyl (C=O) groups is 1. The minimum absolute atomic E-state index is 0.119. The Morgan fingerprint density at radius 1 is 1.06 bits per heavy atom. The third-order valence-corrected chi connectivity index (χ3v) is 7.05. The van der Waals surface area contributed by atoms with Gasteiger partial charge in [-0.2, -0.15) is 4.31 Å². The molecule has 1 amide bonds. The van der Waals surface area contributed by atoms with E-state index >= 15 is 0 Å². The number of anilines is 1. The largest absolute Gasteiger partial charge is 0.472 e. The predicted molar refractivity (Wildman–Crippen MR) is 117 cm³/mol. The fourth-order valence-electron chi connectivity index (χ4n) is 3.50. The number of aryl methyl sites for hydroxylation is 1. The number of amides is 1. The molecule has 7 nitrogen and oxygen atoms in total. The quantitative estimate of drug-likeness (QED) is 0.594. The van der Waals surface area contributed by atoms with Crippen LogP contribution >= 0.6 is 0 Å². The highest BCUT2D eigenvalue weighted by Gasteiger charge is 2.27. The number of carbonyl (C=O) groups excluding carboxylic acids is 1. The van der Waals surface area contributed by atoms with Gasteiger partial charge >= 0.3 is 0 Å². The second-order valence-electron chi connectivity index (χ2n) is 7.51. The molecule has 0 radical (unpaired) electrons. The van der Waals surface area contributed by atoms with Gasteiger partial charge in [0.25, 0.3) is 5.91 Å². The highest BCUT2D eigenvalue weighted by atomic mass is 32.2. The number of furan rings is 1. The SMILES string of the molecule is Cc1cccc(Oc2ccc(S(=O)(=O)N3CCCCC3)cc2NC(=O)c2ccoc2)c1. The molecular weight excluding hydrogens is 416 g/mol. The van der Waals surface area contributed by atoms with Crippen LogP contribution in [0.5, 0.6) is 11.5 Å². The number of piperidine rings is 1. The van der Waals surface area contributed by atoms with E-state index in [4.69, 9.17) is 9.15 Å². The topological polar surface area (TPSA) is 88.9 Å². The Morgan fingerprint density at radius 2 is 1.87 bits per heavy atom. The van der Waals surface area contributed by atoms with Gasteiger partial charge < -0.3 is 14.5 Å². The van der Waals surface area contributed by atoms with Gasteiger partial charge in [0.1, 0.15) is 12.0 Å². The van der Waals surface area contributed by atoms with Crippen molar-refractivity contribution in [3.8, 4) is 11.5 Å². The lowest BCUT2D eigenvalue weighted by atomic mass is 10.2. The summed E-state index contributed by atoms with van der Waals surface area (Å²) in [6.07, 6.45) is 5.44. The maximum Gasteiger partial charge on any atom is 0.259 e. The van der Waals surface area contributed by atoms with Gasteiger partial charge in [-0.15, -0.1) is 0 Å². The lowest BCUT2D eigenvalue weighted by Crippen LogP contribution is -2.35. The predicted octanol–water partition coefficient (Wildman–Crippen LogP) is 4.81. The van der Waals surface area contributed by atoms with E-state index in [1.807, 2.05) is 25.1 Å². The van der Waals surface area contributed by atoms with Gasteiger partial charge in [0.05, 0.1) is 22.4 Å². The van der Waals surface area contributed by atoms with Crippen LogP contribution in [0.25, 0.3) is 0 Å². The maximum absolute atomic E-state index is 13.1. The zero-order valence-corrected chi connectivity index (χ0v) is 18.0. The van der Waals surface area contributed by atoms with E-state index in [-0.39, 0.29) is 10.6 Å². The standard InChI is InChI=1S/C23H24N2O5S/c1-17-6-5-7-19(14-17)30-22-9-8-20(31(27,28)25-11-3-2-4-12-25)15-21(22)24-23(26)18-10-13-29-16-18/h5-10,13-16H,2-4,11-12H2,1H3,(H,24,26). The Morgan fingerprint density at radius 3 is 2.58 bits per heavy atom. The number of nitrogens with one attached hydrogen (secondary N) is 1. The second kappa shape index (κ2) is 8.95. The van der Waals surface area contributed by atoms with Crippen LogP contribution in [0.1, 0.15) is 35.2 Å². The molecule has 0 unspecified atom stereocenters. The van der Waals surface area contributed by atoms with Crippen LogP contribution in [-0.2, 0) is 10.0 Å². The molecule has 162 valence electrons. The molecule has 3 aromatic rings. The Hall–Kier alpha value is -3.10. The summed E-state index contributed by atoms with van der Waals surface area (Å²) in [7, 11) is -3.66. The lowest BCUT2D eigenvalue weighted by molar-refractivity contribution is 0.102. The van der Waals surface area contributed by atoms with Gasteiger partial charge in [0.15, 0.2) is 5.75 Å². The van der Waals surface area contributed by atoms with Gasteiger partial charge in [-0.25, -0.2) is 8.42 Å². The van der Waals surface area contributed by atoms with Gasteiger partial charge in [-0.1, -0.05) is 18.6 Å². The van der Waals surface area contributed by atoms with E-state index in [0.717, 1.165) is 24.8 Å². The molecule has 0 aliphatic carbocycles. The van der Waals surface area contributed by atoms with E-state index in [2.05, 4.69) is 5.32 Å². The van der Waals surface area contributed by atoms with Crippen LogP contribution in [-0.4, -0.2) is 31.7 Å². The molecule has 1 saturated heterocycles. The number of hydrogen-bond donors (Lipinski definition) is 1. The summed E-state index contributed by atoms with van der Waals surface area (Å²) >= 11 is 0. The third kappa shape index (κ3) is 4.81. The van der Waals surface area contributed by atoms with Crippen molar-refractivity contribution >= 4 is 21.6 Å². The molecule has 31 heavy (non-hydrogen) atoms. The fourth-order valence-corrected chi connectivity index (χ4v) is 5.05. The lowest BCUT2D eigenvalue weighted by Gasteiger charge is -2.26. The number of nitrogens with zero attached hydrogens (tertiary/aromatic N) is 1. The Labute approximate surface area is 181 Å². The summed E-state index contributed by atoms with van der Waals surface area (Å²) in [4.78, 5) is 12.7. The van der Waals surface area contributed by atoms with E-state index in [0.29, 0.717) is 30.2 Å². The second-order valence-corrected chi connectivity index (χ2v) is 9.45. The first-order valence-electron chi connectivity index (χ1n) is 10.2. The van der Waals surface area contributed by atoms with Crippen molar-refractivity contribution in [1.82, 2.24) is 4.31 Å². The molecule has 0 spiro atoms. The molecule has 1 fully saturated rings. The van der Waals surface area contributed by atoms with Gasteiger partial charge in [0, 0.05) is 13.1 Å². The van der Waals surface area contributed by atoms with Crippen molar-refractivity contribution in [3.63, 3.8) is 0 Å². The molecule has 2 heterocycles. The summed E-state index contributed by atoms with van der Waals surface area (Å²) in [5, 5.41) is 2.76. The molecule has 1 N–H and O–H groups in total. The van der Waals surface area contributed by atoms with Crippen molar-refractivity contribution < 1.29 is 22.4 Å². The average Bonchev–Trinajstić information content (AvgIpc) is 3.31. The highest BCUT2D eigenvalue weighted by Crippen LogP contribution is 2.34. The zero-order valence-electron chi connectivity index (χ0n) is 17.2. The normalized spacial score (nSPS) is 14.9. The monoisotopic (exact) mass is 440 g/mol. The summed E-state index contributed by atoms with van der Waals surface area (Å²) < 4.78 is 38.7. The van der Waals surface area contributed by atoms with Crippen LogP contribution in [0, 0.1) is 6.92 Å².